The summed E-state index contributed by atoms with van der Waals surface area (Å²) in [5, 5.41) is 13.3. The Hall–Kier alpha value is -3.33. The van der Waals surface area contributed by atoms with Crippen molar-refractivity contribution < 1.29 is 9.53 Å². The molecule has 2 amide bonds. The van der Waals surface area contributed by atoms with Gasteiger partial charge < -0.3 is 21.1 Å². The fourth-order valence-electron chi connectivity index (χ4n) is 3.01. The Morgan fingerprint density at radius 2 is 2.10 bits per heavy atom. The molecular formula is C19H20ClN7O2. The second-order valence-electron chi connectivity index (χ2n) is 6.87. The largest absolute Gasteiger partial charge is 0.423 e. The fourth-order valence-corrected chi connectivity index (χ4v) is 3.22. The molecule has 4 rings (SSSR count). The van der Waals surface area contributed by atoms with Crippen molar-refractivity contribution in [3.63, 3.8) is 0 Å². The maximum atomic E-state index is 10.9. The van der Waals surface area contributed by atoms with Gasteiger partial charge in [0.15, 0.2) is 0 Å². The number of aromatic nitrogens is 4. The summed E-state index contributed by atoms with van der Waals surface area (Å²) in [7, 11) is 0. The molecule has 0 aliphatic heterocycles. The summed E-state index contributed by atoms with van der Waals surface area (Å²) < 4.78 is 5.73. The number of hydrogen-bond acceptors (Lipinski definition) is 6. The maximum Gasteiger partial charge on any atom is 0.324 e. The summed E-state index contributed by atoms with van der Waals surface area (Å²) in [5.74, 6) is 2.23. The van der Waals surface area contributed by atoms with Gasteiger partial charge in [-0.1, -0.05) is 18.0 Å². The van der Waals surface area contributed by atoms with E-state index in [4.69, 9.17) is 22.1 Å². The van der Waals surface area contributed by atoms with Crippen LogP contribution in [0.15, 0.2) is 30.3 Å². The van der Waals surface area contributed by atoms with E-state index in [1.165, 1.54) is 25.3 Å². The fraction of sp³-hybridized carbons (Fsp3) is 0.263. The molecule has 9 nitrogen and oxygen atoms in total. The van der Waals surface area contributed by atoms with Crippen LogP contribution in [0.5, 0.6) is 11.8 Å². The van der Waals surface area contributed by atoms with Crippen molar-refractivity contribution in [2.45, 2.75) is 32.1 Å². The number of hydrogen-bond donors (Lipinski definition) is 4. The van der Waals surface area contributed by atoms with Crippen LogP contribution in [0.25, 0.3) is 0 Å². The second-order valence-corrected chi connectivity index (χ2v) is 7.28. The van der Waals surface area contributed by atoms with Crippen LogP contribution in [-0.4, -0.2) is 26.2 Å². The van der Waals surface area contributed by atoms with E-state index in [1.807, 2.05) is 13.0 Å². The molecule has 0 bridgehead atoms. The molecule has 0 atom stereocenters. The Labute approximate surface area is 172 Å². The van der Waals surface area contributed by atoms with Crippen LogP contribution in [-0.2, 0) is 0 Å². The van der Waals surface area contributed by atoms with E-state index < -0.39 is 6.03 Å². The number of primary amides is 1. The molecule has 150 valence electrons. The Bertz CT molecular complexity index is 1050. The molecule has 2 heterocycles. The third-order valence-corrected chi connectivity index (χ3v) is 4.91. The zero-order valence-electron chi connectivity index (χ0n) is 15.7. The van der Waals surface area contributed by atoms with E-state index in [9.17, 15) is 4.79 Å². The molecule has 1 saturated carbocycles. The van der Waals surface area contributed by atoms with Gasteiger partial charge in [-0.3, -0.25) is 5.10 Å². The number of aromatic amines is 1. The van der Waals surface area contributed by atoms with E-state index in [1.54, 1.807) is 18.2 Å². The highest BCUT2D eigenvalue weighted by Crippen LogP contribution is 2.36. The molecule has 0 spiro atoms. The van der Waals surface area contributed by atoms with Crippen molar-refractivity contribution in [2.75, 3.05) is 10.6 Å². The standard InChI is InChI=1S/C19H20ClN7O2/c1-10-7-16(24-17-9-14(26-27-17)11-3-2-4-11)25-19(22-10)29-15-6-5-12(8-13(15)20)23-18(21)28/h5-9,11H,2-4H2,1H3,(H3,21,23,28)(H2,22,24,25,26,27). The number of nitrogens with one attached hydrogen (secondary N) is 3. The monoisotopic (exact) mass is 413 g/mol. The molecular weight excluding hydrogens is 394 g/mol. The first-order valence-electron chi connectivity index (χ1n) is 9.18. The van der Waals surface area contributed by atoms with E-state index in [-0.39, 0.29) is 11.0 Å². The molecule has 3 aromatic rings. The lowest BCUT2D eigenvalue weighted by Gasteiger charge is -2.22. The van der Waals surface area contributed by atoms with Gasteiger partial charge in [0.25, 0.3) is 0 Å². The van der Waals surface area contributed by atoms with Crippen molar-refractivity contribution in [3.8, 4) is 11.8 Å². The smallest absolute Gasteiger partial charge is 0.324 e. The van der Waals surface area contributed by atoms with Gasteiger partial charge in [-0.25, -0.2) is 9.78 Å². The van der Waals surface area contributed by atoms with Gasteiger partial charge in [0.2, 0.25) is 0 Å². The summed E-state index contributed by atoms with van der Waals surface area (Å²) in [6.07, 6.45) is 3.63. The number of ether oxygens (including phenoxy) is 1. The Morgan fingerprint density at radius 3 is 2.79 bits per heavy atom. The van der Waals surface area contributed by atoms with Gasteiger partial charge >= 0.3 is 12.0 Å². The molecule has 1 aromatic carbocycles. The minimum atomic E-state index is -0.674. The van der Waals surface area contributed by atoms with Gasteiger partial charge in [-0.2, -0.15) is 10.1 Å². The van der Waals surface area contributed by atoms with Crippen molar-refractivity contribution >= 4 is 35.0 Å². The zero-order chi connectivity index (χ0) is 20.4. The zero-order valence-corrected chi connectivity index (χ0v) is 16.5. The Kier molecular flexibility index (Phi) is 5.22. The number of carbonyl (C=O) groups excluding carboxylic acids is 1. The quantitative estimate of drug-likeness (QED) is 0.472. The lowest BCUT2D eigenvalue weighted by Crippen LogP contribution is -2.19. The highest BCUT2D eigenvalue weighted by atomic mass is 35.5. The highest BCUT2D eigenvalue weighted by molar-refractivity contribution is 6.32. The van der Waals surface area contributed by atoms with E-state index in [2.05, 4.69) is 30.8 Å². The van der Waals surface area contributed by atoms with Crippen LogP contribution in [0.3, 0.4) is 0 Å². The van der Waals surface area contributed by atoms with Crippen molar-refractivity contribution in [1.29, 1.82) is 0 Å². The van der Waals surface area contributed by atoms with Crippen molar-refractivity contribution in [2.24, 2.45) is 5.73 Å². The van der Waals surface area contributed by atoms with Gasteiger partial charge in [-0.15, -0.1) is 0 Å². The summed E-state index contributed by atoms with van der Waals surface area (Å²) in [4.78, 5) is 19.6. The third-order valence-electron chi connectivity index (χ3n) is 4.62. The van der Waals surface area contributed by atoms with Crippen LogP contribution in [0.4, 0.5) is 22.1 Å². The first-order valence-corrected chi connectivity index (χ1v) is 9.56. The number of urea groups is 1. The highest BCUT2D eigenvalue weighted by Gasteiger charge is 2.22. The number of halogens is 1. The van der Waals surface area contributed by atoms with Crippen molar-refractivity contribution in [3.05, 3.63) is 46.7 Å². The molecule has 0 saturated heterocycles. The van der Waals surface area contributed by atoms with Crippen LogP contribution in [0.2, 0.25) is 5.02 Å². The number of nitrogens with zero attached hydrogens (tertiary/aromatic N) is 3. The predicted molar refractivity (Wildman–Crippen MR) is 110 cm³/mol. The van der Waals surface area contributed by atoms with Crippen LogP contribution in [0.1, 0.15) is 36.6 Å². The predicted octanol–water partition coefficient (Wildman–Crippen LogP) is 4.46. The summed E-state index contributed by atoms with van der Waals surface area (Å²) in [6, 6.07) is 8.03. The first-order chi connectivity index (χ1) is 14.0. The molecule has 10 heteroatoms. The number of aryl methyl sites for hydroxylation is 1. The topological polar surface area (TPSA) is 131 Å². The number of rotatable bonds is 6. The third kappa shape index (κ3) is 4.57. The average molecular weight is 414 g/mol. The Morgan fingerprint density at radius 1 is 1.28 bits per heavy atom. The SMILES string of the molecule is Cc1cc(Nc2cc(C3CCC3)n[nH]2)nc(Oc2ccc(NC(N)=O)cc2Cl)n1. The average Bonchev–Trinajstić information content (AvgIpc) is 3.02. The minimum absolute atomic E-state index is 0.142. The van der Waals surface area contributed by atoms with Gasteiger partial charge in [0, 0.05) is 29.4 Å². The number of anilines is 3. The molecule has 2 aromatic heterocycles. The van der Waals surface area contributed by atoms with Gasteiger partial charge in [-0.05, 0) is 38.0 Å². The Balaban J connectivity index is 1.49. The molecule has 1 aliphatic carbocycles. The molecule has 0 radical (unpaired) electrons. The van der Waals surface area contributed by atoms with Gasteiger partial charge in [0.05, 0.1) is 10.7 Å². The minimum Gasteiger partial charge on any atom is -0.423 e. The van der Waals surface area contributed by atoms with Crippen LogP contribution in [0, 0.1) is 6.92 Å². The molecule has 1 aliphatic rings. The number of nitrogens with two attached hydrogens (primary N) is 1. The number of carbonyl (C=O) groups is 1. The van der Waals surface area contributed by atoms with Crippen molar-refractivity contribution in [1.82, 2.24) is 20.2 Å². The molecule has 5 N–H and O–H groups in total. The van der Waals surface area contributed by atoms with E-state index in [0.717, 1.165) is 17.2 Å². The maximum absolute atomic E-state index is 10.9. The summed E-state index contributed by atoms with van der Waals surface area (Å²) in [6.45, 7) is 1.84. The summed E-state index contributed by atoms with van der Waals surface area (Å²) >= 11 is 6.22. The lowest BCUT2D eigenvalue weighted by molar-refractivity contribution is 0.259. The molecule has 0 unspecified atom stereocenters. The number of benzene rings is 1. The number of amides is 2. The van der Waals surface area contributed by atoms with E-state index in [0.29, 0.717) is 23.2 Å². The molecule has 29 heavy (non-hydrogen) atoms. The van der Waals surface area contributed by atoms with Gasteiger partial charge in [0.1, 0.15) is 17.4 Å². The first kappa shape index (κ1) is 19.0. The second kappa shape index (κ2) is 7.96. The normalized spacial score (nSPS) is 13.6. The van der Waals surface area contributed by atoms with Crippen LogP contribution >= 0.6 is 11.6 Å². The van der Waals surface area contributed by atoms with Crippen LogP contribution < -0.4 is 21.1 Å². The summed E-state index contributed by atoms with van der Waals surface area (Å²) in [5.41, 5.74) is 7.35. The number of H-pyrrole nitrogens is 1. The molecule has 1 fully saturated rings. The van der Waals surface area contributed by atoms with E-state index >= 15 is 0 Å². The lowest BCUT2D eigenvalue weighted by atomic mass is 9.83.